The molecule has 0 spiro atoms. The van der Waals surface area contributed by atoms with Crippen molar-refractivity contribution in [1.29, 1.82) is 0 Å². The summed E-state index contributed by atoms with van der Waals surface area (Å²) in [7, 11) is 0. The molecule has 2 aliphatic heterocycles. The lowest BCUT2D eigenvalue weighted by atomic mass is 9.97. The van der Waals surface area contributed by atoms with E-state index in [1.807, 2.05) is 12.1 Å². The summed E-state index contributed by atoms with van der Waals surface area (Å²) in [5.74, 6) is -1.08. The molecule has 51 heavy (non-hydrogen) atoms. The van der Waals surface area contributed by atoms with Crippen LogP contribution in [0.15, 0.2) is 36.7 Å². The average Bonchev–Trinajstić information content (AvgIpc) is 3.49. The van der Waals surface area contributed by atoms with Crippen molar-refractivity contribution in [2.75, 3.05) is 18.4 Å². The van der Waals surface area contributed by atoms with E-state index < -0.39 is 41.2 Å². The smallest absolute Gasteiger partial charge is 0.338 e. The van der Waals surface area contributed by atoms with Gasteiger partial charge in [-0.25, -0.2) is 19.7 Å². The van der Waals surface area contributed by atoms with Crippen LogP contribution in [0.2, 0.25) is 0 Å². The lowest BCUT2D eigenvalue weighted by Gasteiger charge is -2.27. The number of aryl methyl sites for hydroxylation is 3. The number of benzene rings is 1. The number of carbonyl (C=O) groups is 4. The second-order valence-corrected chi connectivity index (χ2v) is 13.6. The van der Waals surface area contributed by atoms with Crippen molar-refractivity contribution >= 4 is 40.3 Å². The molecule has 266 valence electrons. The highest BCUT2D eigenvalue weighted by molar-refractivity contribution is 6.07. The van der Waals surface area contributed by atoms with Gasteiger partial charge in [0.2, 0.25) is 11.8 Å². The molecule has 1 saturated heterocycles. The van der Waals surface area contributed by atoms with Crippen molar-refractivity contribution < 1.29 is 32.3 Å². The van der Waals surface area contributed by atoms with E-state index in [1.54, 1.807) is 19.3 Å². The molecule has 7 rings (SSSR count). The maximum absolute atomic E-state index is 14.4. The number of rotatable bonds is 4. The van der Waals surface area contributed by atoms with Crippen LogP contribution in [0.4, 0.5) is 23.8 Å². The first kappa shape index (κ1) is 34.1. The molecule has 5 heterocycles. The fraction of sp³-hybridized carbons (Fsp3) is 0.429. The van der Waals surface area contributed by atoms with Crippen LogP contribution in [0.3, 0.4) is 0 Å². The van der Waals surface area contributed by atoms with Gasteiger partial charge in [0.1, 0.15) is 35.6 Å². The first-order valence-corrected chi connectivity index (χ1v) is 16.8. The van der Waals surface area contributed by atoms with Crippen molar-refractivity contribution in [3.8, 4) is 11.1 Å². The van der Waals surface area contributed by atoms with Gasteiger partial charge in [-0.1, -0.05) is 6.07 Å². The molecule has 13 nitrogen and oxygen atoms in total. The zero-order valence-corrected chi connectivity index (χ0v) is 28.2. The molecule has 2 fully saturated rings. The number of carbonyl (C=O) groups excluding carboxylic acids is 4. The fourth-order valence-corrected chi connectivity index (χ4v) is 7.33. The molecular weight excluding hydrogens is 667 g/mol. The van der Waals surface area contributed by atoms with E-state index >= 15 is 0 Å². The highest BCUT2D eigenvalue weighted by Crippen LogP contribution is 2.59. The third kappa shape index (κ3) is 6.50. The standard InChI is InChI=1S/C35H36F3N9O4/c1-18-7-8-26(35(36,37)38)43-31(18)44-32(50)25-12-34-13-27(34)47(25)28(49)16-46-30-21(6-4-5-9-39-33(51)42-17-34)10-22(23-14-40-20(3)41-15-23)11-24(30)29(45-46)19(2)48/h7-8,10-11,14-15,25,27H,4-6,9,12-13,16-17H2,1-3H3,(H2,39,42,51)(H,43,44,50)/t25-,27+,34-/m0/s1. The number of anilines is 1. The Morgan fingerprint density at radius 2 is 1.78 bits per heavy atom. The third-order valence-electron chi connectivity index (χ3n) is 10.1. The van der Waals surface area contributed by atoms with Crippen LogP contribution in [0.25, 0.3) is 22.0 Å². The summed E-state index contributed by atoms with van der Waals surface area (Å²) in [6.07, 6.45) is 1.27. The first-order valence-electron chi connectivity index (χ1n) is 16.8. The Bertz CT molecular complexity index is 2080. The number of amides is 4. The Kier molecular flexibility index (Phi) is 8.50. The minimum atomic E-state index is -4.72. The van der Waals surface area contributed by atoms with Crippen LogP contribution in [-0.4, -0.2) is 78.4 Å². The molecule has 4 aromatic rings. The molecule has 0 radical (unpaired) electrons. The van der Waals surface area contributed by atoms with E-state index in [0.717, 1.165) is 22.8 Å². The van der Waals surface area contributed by atoms with Crippen LogP contribution in [-0.2, 0) is 28.7 Å². The van der Waals surface area contributed by atoms with E-state index in [2.05, 4.69) is 36.0 Å². The van der Waals surface area contributed by atoms with E-state index in [4.69, 9.17) is 0 Å². The van der Waals surface area contributed by atoms with E-state index in [1.165, 1.54) is 29.5 Å². The average molecular weight is 704 g/mol. The van der Waals surface area contributed by atoms with Gasteiger partial charge in [0, 0.05) is 54.8 Å². The number of urea groups is 1. The van der Waals surface area contributed by atoms with Gasteiger partial charge in [-0.15, -0.1) is 0 Å². The SMILES string of the molecule is CC(=O)c1nn2c3c(cc(-c4cnc(C)nc4)cc13)CCCCNC(=O)NC[C@@]13C[C@@H](C(=O)Nc4nc(C(F)(F)F)ccc4C)N(C(=O)C2)[C@@H]1C3. The minimum absolute atomic E-state index is 0.180. The van der Waals surface area contributed by atoms with Gasteiger partial charge >= 0.3 is 12.2 Å². The molecular formula is C35H36F3N9O4. The molecule has 1 aliphatic carbocycles. The highest BCUT2D eigenvalue weighted by Gasteiger charge is 2.67. The number of piperidine rings is 1. The molecule has 1 aromatic carbocycles. The van der Waals surface area contributed by atoms with E-state index in [0.29, 0.717) is 54.5 Å². The summed E-state index contributed by atoms with van der Waals surface area (Å²) < 4.78 is 41.9. The number of hydrogen-bond acceptors (Lipinski definition) is 8. The molecule has 3 atom stereocenters. The predicted octanol–water partition coefficient (Wildman–Crippen LogP) is 4.36. The number of Topliss-reactive ketones (excluding diaryl/α,β-unsaturated/α-hetero) is 1. The van der Waals surface area contributed by atoms with Gasteiger partial charge in [0.25, 0.3) is 0 Å². The normalized spacial score (nSPS) is 22.3. The van der Waals surface area contributed by atoms with Crippen LogP contribution in [0.5, 0.6) is 0 Å². The summed E-state index contributed by atoms with van der Waals surface area (Å²) in [5, 5.41) is 13.5. The van der Waals surface area contributed by atoms with Gasteiger partial charge in [-0.2, -0.15) is 18.3 Å². The first-order chi connectivity index (χ1) is 24.2. The van der Waals surface area contributed by atoms with Crippen molar-refractivity contribution in [2.24, 2.45) is 5.41 Å². The maximum atomic E-state index is 14.4. The van der Waals surface area contributed by atoms with Gasteiger partial charge < -0.3 is 20.9 Å². The number of halogens is 3. The van der Waals surface area contributed by atoms with Crippen LogP contribution in [0.1, 0.15) is 65.7 Å². The topological polar surface area (TPSA) is 164 Å². The Morgan fingerprint density at radius 1 is 1.02 bits per heavy atom. The van der Waals surface area contributed by atoms with Crippen LogP contribution < -0.4 is 16.0 Å². The molecule has 1 saturated carbocycles. The second-order valence-electron chi connectivity index (χ2n) is 13.6. The molecule has 0 unspecified atom stereocenters. The lowest BCUT2D eigenvalue weighted by Crippen LogP contribution is -2.47. The number of pyridine rings is 1. The predicted molar refractivity (Wildman–Crippen MR) is 179 cm³/mol. The Morgan fingerprint density at radius 3 is 2.51 bits per heavy atom. The van der Waals surface area contributed by atoms with Crippen LogP contribution in [0, 0.1) is 19.3 Å². The molecule has 3 N–H and O–H groups in total. The Labute approximate surface area is 290 Å². The summed E-state index contributed by atoms with van der Waals surface area (Å²) in [5.41, 5.74) is 1.69. The summed E-state index contributed by atoms with van der Waals surface area (Å²) >= 11 is 0. The zero-order valence-electron chi connectivity index (χ0n) is 28.2. The van der Waals surface area contributed by atoms with Crippen molar-refractivity contribution in [2.45, 2.75) is 77.7 Å². The largest absolute Gasteiger partial charge is 0.433 e. The number of nitrogens with one attached hydrogen (secondary N) is 3. The summed E-state index contributed by atoms with van der Waals surface area (Å²) in [6.45, 7) is 5.03. The van der Waals surface area contributed by atoms with Crippen molar-refractivity contribution in [3.05, 3.63) is 65.0 Å². The van der Waals surface area contributed by atoms with Gasteiger partial charge in [0.15, 0.2) is 5.78 Å². The summed E-state index contributed by atoms with van der Waals surface area (Å²) in [6, 6.07) is 4.02. The van der Waals surface area contributed by atoms with Crippen molar-refractivity contribution in [3.63, 3.8) is 0 Å². The number of ketones is 1. The van der Waals surface area contributed by atoms with Gasteiger partial charge in [0.05, 0.1) is 5.52 Å². The minimum Gasteiger partial charge on any atom is -0.338 e. The van der Waals surface area contributed by atoms with Gasteiger partial charge in [-0.05, 0) is 80.8 Å². The zero-order chi connectivity index (χ0) is 36.2. The lowest BCUT2D eigenvalue weighted by molar-refractivity contribution is -0.141. The fourth-order valence-electron chi connectivity index (χ4n) is 7.33. The van der Waals surface area contributed by atoms with E-state index in [-0.39, 0.29) is 42.8 Å². The van der Waals surface area contributed by atoms with E-state index in [9.17, 15) is 32.3 Å². The third-order valence-corrected chi connectivity index (χ3v) is 10.1. The van der Waals surface area contributed by atoms with Gasteiger partial charge in [-0.3, -0.25) is 19.1 Å². The molecule has 3 aliphatic rings. The number of hydrogen-bond donors (Lipinski definition) is 3. The maximum Gasteiger partial charge on any atom is 0.433 e. The molecule has 16 heteroatoms. The highest BCUT2D eigenvalue weighted by atomic mass is 19.4. The molecule has 3 aromatic heterocycles. The second kappa shape index (κ2) is 12.7. The number of alkyl halides is 3. The molecule has 4 amide bonds. The van der Waals surface area contributed by atoms with Crippen molar-refractivity contribution in [1.82, 2.24) is 40.3 Å². The van der Waals surface area contributed by atoms with Crippen LogP contribution >= 0.6 is 0 Å². The molecule has 2 bridgehead atoms. The number of nitrogens with zero attached hydrogens (tertiary/aromatic N) is 6. The summed E-state index contributed by atoms with van der Waals surface area (Å²) in [4.78, 5) is 67.7. The quantitative estimate of drug-likeness (QED) is 0.264. The Hall–Kier alpha value is -5.41. The number of aromatic nitrogens is 5. The Balaban J connectivity index is 1.28. The monoisotopic (exact) mass is 703 g/mol.